The molecule has 0 aliphatic rings. The zero-order valence-electron chi connectivity index (χ0n) is 48.0. The summed E-state index contributed by atoms with van der Waals surface area (Å²) in [5, 5.41) is 16.0. The predicted molar refractivity (Wildman–Crippen MR) is 309 cm³/mol. The topological polar surface area (TPSA) is 286 Å². The molecule has 0 unspecified atom stereocenters. The summed E-state index contributed by atoms with van der Waals surface area (Å²) in [5.74, 6) is -6.76. The van der Waals surface area contributed by atoms with Crippen LogP contribution in [-0.2, 0) is 73.6 Å². The van der Waals surface area contributed by atoms with Crippen LogP contribution in [0.5, 0.6) is 0 Å². The van der Waals surface area contributed by atoms with E-state index in [9.17, 15) is 56.7 Å². The highest BCUT2D eigenvalue weighted by Crippen LogP contribution is 2.15. The SMILES string of the molecule is COC(=O)[C@H](CCCCNC(=O)CN(CC(=O)NCCc1ccc(F)cc1)C(=O)c1cccc(C(=O)N(CC(=O)NCCCC[C@H](OC(=O)NCc2ccccc2)C(=O)OC)CC(=O)NCCc2ccc(F)cc2)c1)OC(=O)NCc1ccccc1. The number of benzene rings is 5. The molecule has 5 rings (SSSR count). The lowest BCUT2D eigenvalue weighted by Gasteiger charge is -2.24. The van der Waals surface area contributed by atoms with Gasteiger partial charge in [0.15, 0.2) is 0 Å². The third kappa shape index (κ3) is 25.0. The number of hydrogen-bond donors (Lipinski definition) is 6. The monoisotopic (exact) mass is 1190 g/mol. The molecule has 0 saturated heterocycles. The number of hydrogen-bond acceptors (Lipinski definition) is 14. The van der Waals surface area contributed by atoms with Gasteiger partial charge in [-0.3, -0.25) is 28.8 Å². The maximum Gasteiger partial charge on any atom is 0.408 e. The van der Waals surface area contributed by atoms with E-state index in [0.717, 1.165) is 46.3 Å². The third-order valence-electron chi connectivity index (χ3n) is 13.0. The summed E-state index contributed by atoms with van der Waals surface area (Å²) in [6.07, 6.45) is -2.24. The number of nitrogens with zero attached hydrogens (tertiary/aromatic N) is 2. The van der Waals surface area contributed by atoms with Crippen LogP contribution in [0.3, 0.4) is 0 Å². The molecule has 0 saturated carbocycles. The smallest absolute Gasteiger partial charge is 0.408 e. The number of alkyl carbamates (subject to hydrolysis) is 2. The first kappa shape index (κ1) is 67.1. The molecule has 0 aliphatic carbocycles. The van der Waals surface area contributed by atoms with Gasteiger partial charge in [0.2, 0.25) is 35.8 Å². The summed E-state index contributed by atoms with van der Waals surface area (Å²) in [4.78, 5) is 134. The molecule has 0 aliphatic heterocycles. The molecule has 0 heterocycles. The van der Waals surface area contributed by atoms with Gasteiger partial charge >= 0.3 is 24.1 Å². The molecular weight excluding hydrogens is 1120 g/mol. The van der Waals surface area contributed by atoms with Crippen molar-refractivity contribution in [3.8, 4) is 0 Å². The molecule has 8 amide bonds. The first-order chi connectivity index (χ1) is 41.5. The molecule has 24 heteroatoms. The zero-order chi connectivity index (χ0) is 62.1. The number of methoxy groups -OCH3 is 2. The maximum absolute atomic E-state index is 14.4. The van der Waals surface area contributed by atoms with Crippen molar-refractivity contribution in [2.45, 2.75) is 76.7 Å². The molecule has 0 radical (unpaired) electrons. The van der Waals surface area contributed by atoms with E-state index in [2.05, 4.69) is 31.9 Å². The lowest BCUT2D eigenvalue weighted by molar-refractivity contribution is -0.151. The van der Waals surface area contributed by atoms with E-state index in [1.165, 1.54) is 48.5 Å². The van der Waals surface area contributed by atoms with E-state index in [1.54, 1.807) is 72.8 Å². The molecule has 5 aromatic rings. The van der Waals surface area contributed by atoms with Crippen molar-refractivity contribution in [3.05, 3.63) is 178 Å². The van der Waals surface area contributed by atoms with E-state index < -0.39 is 110 Å². The molecule has 0 aromatic heterocycles. The fourth-order valence-electron chi connectivity index (χ4n) is 8.42. The third-order valence-corrected chi connectivity index (χ3v) is 13.0. The number of carbonyl (C=O) groups is 10. The van der Waals surface area contributed by atoms with Crippen molar-refractivity contribution in [1.29, 1.82) is 0 Å². The van der Waals surface area contributed by atoms with Gasteiger partial charge in [-0.1, -0.05) is 91.0 Å². The zero-order valence-corrected chi connectivity index (χ0v) is 48.0. The lowest BCUT2D eigenvalue weighted by Crippen LogP contribution is -2.47. The Kier molecular flexibility index (Phi) is 28.7. The van der Waals surface area contributed by atoms with Gasteiger partial charge in [0, 0.05) is 50.4 Å². The Labute approximate surface area is 497 Å². The Morgan fingerprint density at radius 2 is 0.756 bits per heavy atom. The van der Waals surface area contributed by atoms with Crippen LogP contribution in [0, 0.1) is 11.6 Å². The average Bonchev–Trinajstić information content (AvgIpc) is 2.78. The second-order valence-corrected chi connectivity index (χ2v) is 19.6. The van der Waals surface area contributed by atoms with Crippen LogP contribution in [0.4, 0.5) is 18.4 Å². The van der Waals surface area contributed by atoms with Gasteiger partial charge in [-0.25, -0.2) is 28.0 Å². The number of carbonyl (C=O) groups excluding carboxylic acids is 10. The number of nitrogens with one attached hydrogen (secondary N) is 6. The van der Waals surface area contributed by atoms with Gasteiger partial charge in [0.05, 0.1) is 14.2 Å². The molecule has 86 heavy (non-hydrogen) atoms. The van der Waals surface area contributed by atoms with Crippen molar-refractivity contribution in [2.24, 2.45) is 0 Å². The van der Waals surface area contributed by atoms with Crippen molar-refractivity contribution in [1.82, 2.24) is 41.7 Å². The largest absolute Gasteiger partial charge is 0.466 e. The first-order valence-electron chi connectivity index (χ1n) is 27.9. The first-order valence-corrected chi connectivity index (χ1v) is 27.9. The molecule has 0 fully saturated rings. The summed E-state index contributed by atoms with van der Waals surface area (Å²) in [5.41, 5.74) is 2.79. The summed E-state index contributed by atoms with van der Waals surface area (Å²) in [7, 11) is 2.31. The van der Waals surface area contributed by atoms with Crippen LogP contribution in [0.2, 0.25) is 0 Å². The van der Waals surface area contributed by atoms with Gasteiger partial charge in [-0.2, -0.15) is 0 Å². The van der Waals surface area contributed by atoms with Crippen molar-refractivity contribution in [2.75, 3.05) is 66.6 Å². The Balaban J connectivity index is 1.23. The highest BCUT2D eigenvalue weighted by Gasteiger charge is 2.28. The number of esters is 2. The van der Waals surface area contributed by atoms with Crippen LogP contribution >= 0.6 is 0 Å². The van der Waals surface area contributed by atoms with Crippen molar-refractivity contribution in [3.63, 3.8) is 0 Å². The Bertz CT molecular complexity index is 2830. The molecule has 5 aromatic carbocycles. The maximum atomic E-state index is 14.4. The number of halogens is 2. The van der Waals surface area contributed by atoms with Crippen LogP contribution in [0.25, 0.3) is 0 Å². The van der Waals surface area contributed by atoms with Crippen LogP contribution in [0.15, 0.2) is 133 Å². The van der Waals surface area contributed by atoms with E-state index in [1.807, 2.05) is 12.1 Å². The fraction of sp³-hybridized carbons (Fsp3) is 0.355. The van der Waals surface area contributed by atoms with Crippen molar-refractivity contribution < 1.29 is 75.7 Å². The minimum atomic E-state index is -1.24. The molecule has 0 bridgehead atoms. The highest BCUT2D eigenvalue weighted by atomic mass is 19.1. The van der Waals surface area contributed by atoms with E-state index in [4.69, 9.17) is 18.9 Å². The van der Waals surface area contributed by atoms with E-state index in [-0.39, 0.29) is 76.1 Å². The number of amides is 8. The van der Waals surface area contributed by atoms with Gasteiger partial charge in [0.1, 0.15) is 37.8 Å². The lowest BCUT2D eigenvalue weighted by atomic mass is 10.1. The highest BCUT2D eigenvalue weighted by molar-refractivity contribution is 6.03. The summed E-state index contributed by atoms with van der Waals surface area (Å²) < 4.78 is 47.4. The van der Waals surface area contributed by atoms with Gasteiger partial charge < -0.3 is 60.6 Å². The van der Waals surface area contributed by atoms with Gasteiger partial charge in [0.25, 0.3) is 11.8 Å². The molecule has 22 nitrogen and oxygen atoms in total. The molecule has 458 valence electrons. The van der Waals surface area contributed by atoms with E-state index in [0.29, 0.717) is 25.7 Å². The normalized spacial score (nSPS) is 11.3. The number of unbranched alkanes of at least 4 members (excludes halogenated alkanes) is 2. The summed E-state index contributed by atoms with van der Waals surface area (Å²) in [6.45, 7) is -1.91. The fourth-order valence-corrected chi connectivity index (χ4v) is 8.42. The molecule has 2 atom stereocenters. The molecular formula is C62H72F2N8O14. The van der Waals surface area contributed by atoms with Crippen molar-refractivity contribution >= 4 is 59.6 Å². The Morgan fingerprint density at radius 3 is 1.10 bits per heavy atom. The molecule has 0 spiro atoms. The summed E-state index contributed by atoms with van der Waals surface area (Å²) in [6, 6.07) is 34.7. The van der Waals surface area contributed by atoms with Gasteiger partial charge in [-0.15, -0.1) is 0 Å². The standard InChI is InChI=1S/C62H72F2N8O14/c1-83-59(79)51(85-61(81)69-37-45-14-5-3-6-15-45)20-9-11-32-65-53(73)39-71(41-55(75)67-34-30-43-22-26-49(63)27-23-43)57(77)47-18-13-19-48(36-47)58(78)72(42-56(76)68-35-31-44-24-28-50(64)29-25-44)40-54(74)66-33-12-10-21-52(60(80)84-2)86-62(82)70-38-46-16-7-4-8-17-46/h3-8,13-19,22-29,36,51-52H,9-12,20-21,30-35,37-42H2,1-2H3,(H,65,73)(H,66,74)(H,67,75)(H,68,76)(H,69,81)(H,70,82)/t51-,52-/m0/s1. The molecule has 6 N–H and O–H groups in total. The predicted octanol–water partition coefficient (Wildman–Crippen LogP) is 5.08. The quantitative estimate of drug-likeness (QED) is 0.0178. The van der Waals surface area contributed by atoms with Crippen LogP contribution < -0.4 is 31.9 Å². The Morgan fingerprint density at radius 1 is 0.407 bits per heavy atom. The minimum Gasteiger partial charge on any atom is -0.466 e. The second kappa shape index (κ2) is 36.8. The van der Waals surface area contributed by atoms with Crippen LogP contribution in [-0.4, -0.2) is 148 Å². The second-order valence-electron chi connectivity index (χ2n) is 19.6. The van der Waals surface area contributed by atoms with Crippen LogP contribution in [0.1, 0.15) is 81.5 Å². The summed E-state index contributed by atoms with van der Waals surface area (Å²) >= 11 is 0. The minimum absolute atomic E-state index is 0.0485. The van der Waals surface area contributed by atoms with Gasteiger partial charge in [-0.05, 0) is 116 Å². The average molecular weight is 1190 g/mol. The number of ether oxygens (including phenoxy) is 4. The number of rotatable bonds is 34. The Hall–Kier alpha value is -9.74. The van der Waals surface area contributed by atoms with E-state index >= 15 is 0 Å².